The fraction of sp³-hybridized carbons (Fsp3) is 0.887. The summed E-state index contributed by atoms with van der Waals surface area (Å²) in [6.45, 7) is -1.98. The minimum absolute atomic E-state index is 0.00498. The predicted molar refractivity (Wildman–Crippen MR) is 265 cm³/mol. The van der Waals surface area contributed by atoms with Gasteiger partial charge in [-0.05, 0) is 82.5 Å². The summed E-state index contributed by atoms with van der Waals surface area (Å²) in [4.78, 5) is 26.1. The van der Waals surface area contributed by atoms with Crippen molar-refractivity contribution in [3.05, 3.63) is 24.3 Å². The lowest BCUT2D eigenvalue weighted by Crippen LogP contribution is -2.66. The molecule has 79 heavy (non-hydrogen) atoms. The number of hydrogen-bond acceptors (Lipinski definition) is 25. The number of carbonyl (C=O) groups excluding carboxylic acids is 2. The number of ether oxygens (including phenoxy) is 11. The second kappa shape index (κ2) is 28.4. The van der Waals surface area contributed by atoms with E-state index in [4.69, 9.17) is 52.1 Å². The lowest BCUT2D eigenvalue weighted by atomic mass is 9.73. The first-order valence-corrected chi connectivity index (χ1v) is 27.9. The van der Waals surface area contributed by atoms with Crippen LogP contribution in [0.25, 0.3) is 0 Å². The van der Waals surface area contributed by atoms with Gasteiger partial charge < -0.3 is 118 Å². The molecule has 0 aromatic rings. The maximum absolute atomic E-state index is 13.2. The average molecular weight is 1140 g/mol. The van der Waals surface area contributed by atoms with E-state index in [1.165, 1.54) is 26.4 Å². The monoisotopic (exact) mass is 1140 g/mol. The van der Waals surface area contributed by atoms with E-state index in [0.717, 1.165) is 0 Å². The molecule has 4 aliphatic carbocycles. The van der Waals surface area contributed by atoms with E-state index in [2.05, 4.69) is 0 Å². The molecule has 0 aromatic carbocycles. The van der Waals surface area contributed by atoms with Crippen molar-refractivity contribution in [2.45, 2.75) is 237 Å². The molecule has 27 atom stereocenters. The van der Waals surface area contributed by atoms with Crippen LogP contribution in [0.5, 0.6) is 0 Å². The quantitative estimate of drug-likeness (QED) is 0.0351. The third kappa shape index (κ3) is 15.3. The predicted octanol–water partition coefficient (Wildman–Crippen LogP) is -4.26. The van der Waals surface area contributed by atoms with Gasteiger partial charge in [0.15, 0.2) is 31.1 Å². The SMILES string of the molecule is COC1CC(C=CC(=O)OC[C@H]2O[C@@H](O[C@H]3[C@H](OC4CC5C(O[C@@H]6O[C@H](CO)[C@@H](O)[C@H](O)[C@H]6O)CC(O)CC5[OH+]C4C4CCC(O)CC4)O[C@H](COC(=O)C=CC4CCC(O)C(OC)C4)[C@@H](O)[C@@H]3O)[C@H](O)[C@@H](O)[C@@H]2O)CCC1O. The Balaban J connectivity index is 1.03. The number of carbonyl (C=O) groups is 2. The van der Waals surface area contributed by atoms with Crippen molar-refractivity contribution in [1.29, 1.82) is 0 Å². The van der Waals surface area contributed by atoms with Gasteiger partial charge in [0.05, 0.1) is 55.3 Å². The molecule has 4 saturated heterocycles. The Morgan fingerprint density at radius 3 is 1.53 bits per heavy atom. The Morgan fingerprint density at radius 1 is 0.494 bits per heavy atom. The Morgan fingerprint density at radius 2 is 0.987 bits per heavy atom. The highest BCUT2D eigenvalue weighted by molar-refractivity contribution is 5.82. The third-order valence-corrected chi connectivity index (χ3v) is 17.5. The first kappa shape index (κ1) is 62.6. The van der Waals surface area contributed by atoms with Crippen molar-refractivity contribution in [2.75, 3.05) is 34.0 Å². The van der Waals surface area contributed by atoms with Crippen molar-refractivity contribution in [2.24, 2.45) is 23.7 Å². The molecule has 26 nitrogen and oxygen atoms in total. The molecule has 0 radical (unpaired) electrons. The Bertz CT molecular complexity index is 1970. The standard InChI is InChI=1S/C53H84O26/c1-69-33-15-23(3-11-29(33)57)5-13-39(59)71-21-37-42(62)45(65)48(68)52(77-37)79-50-46(66)43(63)38(22-72-40(60)14-6-24-4-12-30(58)34(16-24)70-2)78-53(50)75-35-19-28-31(73-49(35)25-7-9-26(55)10-8-25)17-27(56)18-32(28)74-51-47(67)44(64)41(61)36(20-54)76-51/h5-6,13-14,23-38,41-58,61-68H,3-4,7-12,15-22H2,1-2H3/p+1/t23?,24?,25?,26?,27?,28?,29?,30?,31?,32?,33?,34?,35?,36-,37-,38-,41-,42-,43-,44+,45+,46+,47-,48-,49?,50-,51-,52+,53-/m1/s1. The summed E-state index contributed by atoms with van der Waals surface area (Å²) in [6, 6.07) is 0. The number of fused-ring (bicyclic) bond motifs is 1. The first-order chi connectivity index (χ1) is 37.8. The normalized spacial score (nSPS) is 48.1. The highest BCUT2D eigenvalue weighted by Gasteiger charge is 2.58. The zero-order chi connectivity index (χ0) is 56.8. The van der Waals surface area contributed by atoms with Gasteiger partial charge in [-0.2, -0.15) is 0 Å². The Hall–Kier alpha value is -2.46. The molecular formula is C53H85O26+. The number of hydrogen-bond donors (Lipinski definition) is 13. The second-order valence-corrected chi connectivity index (χ2v) is 22.8. The number of esters is 2. The second-order valence-electron chi connectivity index (χ2n) is 22.8. The molecule has 4 saturated carbocycles. The van der Waals surface area contributed by atoms with Crippen LogP contribution in [0.1, 0.15) is 83.5 Å². The molecule has 0 amide bonds. The van der Waals surface area contributed by atoms with Crippen molar-refractivity contribution in [1.82, 2.24) is 0 Å². The fourth-order valence-corrected chi connectivity index (χ4v) is 12.7. The zero-order valence-electron chi connectivity index (χ0n) is 44.5. The van der Waals surface area contributed by atoms with E-state index in [0.29, 0.717) is 64.2 Å². The van der Waals surface area contributed by atoms with Gasteiger partial charge >= 0.3 is 11.9 Å². The average Bonchev–Trinajstić information content (AvgIpc) is 3.47. The molecule has 8 rings (SSSR count). The van der Waals surface area contributed by atoms with Gasteiger partial charge in [0.25, 0.3) is 0 Å². The minimum Gasteiger partial charge on any atom is -0.460 e. The third-order valence-electron chi connectivity index (χ3n) is 17.5. The van der Waals surface area contributed by atoms with E-state index >= 15 is 0 Å². The maximum atomic E-state index is 13.2. The van der Waals surface area contributed by atoms with Crippen molar-refractivity contribution in [3.8, 4) is 0 Å². The van der Waals surface area contributed by atoms with Crippen LogP contribution in [0.4, 0.5) is 0 Å². The van der Waals surface area contributed by atoms with E-state index in [1.54, 1.807) is 12.2 Å². The summed E-state index contributed by atoms with van der Waals surface area (Å²) in [7, 11) is 2.98. The van der Waals surface area contributed by atoms with Gasteiger partial charge in [-0.1, -0.05) is 12.2 Å². The number of aliphatic hydroxyl groups is 15. The van der Waals surface area contributed by atoms with Gasteiger partial charge in [-0.25, -0.2) is 9.59 Å². The summed E-state index contributed by atoms with van der Waals surface area (Å²) in [6.07, 6.45) is -22.0. The van der Waals surface area contributed by atoms with E-state index in [1.807, 2.05) is 0 Å². The van der Waals surface area contributed by atoms with Crippen LogP contribution in [0, 0.1) is 23.7 Å². The van der Waals surface area contributed by atoms with Crippen LogP contribution in [-0.2, 0) is 57.0 Å². The van der Waals surface area contributed by atoms with Gasteiger partial charge in [0, 0.05) is 45.1 Å². The van der Waals surface area contributed by atoms with Gasteiger partial charge in [-0.3, -0.25) is 0 Å². The van der Waals surface area contributed by atoms with Gasteiger partial charge in [-0.15, -0.1) is 0 Å². The fourth-order valence-electron chi connectivity index (χ4n) is 12.7. The largest absolute Gasteiger partial charge is 0.460 e. The maximum Gasteiger partial charge on any atom is 0.330 e. The summed E-state index contributed by atoms with van der Waals surface area (Å²) >= 11 is 0. The smallest absolute Gasteiger partial charge is 0.330 e. The Kier molecular flexibility index (Phi) is 22.5. The molecule has 8 fully saturated rings. The molecule has 0 bridgehead atoms. The summed E-state index contributed by atoms with van der Waals surface area (Å²) < 4.78 is 64.3. The van der Waals surface area contributed by atoms with Crippen molar-refractivity contribution < 1.29 is 128 Å². The van der Waals surface area contributed by atoms with Crippen LogP contribution >= 0.6 is 0 Å². The number of rotatable bonds is 18. The molecule has 4 heterocycles. The molecule has 0 aromatic heterocycles. The molecule has 8 aliphatic rings. The lowest BCUT2D eigenvalue weighted by molar-refractivity contribution is -0.389. The summed E-state index contributed by atoms with van der Waals surface area (Å²) in [5.74, 6) is -2.66. The van der Waals surface area contributed by atoms with Crippen molar-refractivity contribution >= 4 is 11.9 Å². The molecule has 14 N–H and O–H groups in total. The molecular weight excluding hydrogens is 1050 g/mol. The van der Waals surface area contributed by atoms with E-state index in [-0.39, 0.29) is 37.0 Å². The lowest BCUT2D eigenvalue weighted by Gasteiger charge is -2.50. The number of allylic oxidation sites excluding steroid dienone is 2. The summed E-state index contributed by atoms with van der Waals surface area (Å²) in [5.41, 5.74) is 0. The van der Waals surface area contributed by atoms with E-state index < -0.39 is 191 Å². The number of methoxy groups -OCH3 is 2. The first-order valence-electron chi connectivity index (χ1n) is 27.9. The van der Waals surface area contributed by atoms with Crippen LogP contribution in [0.2, 0.25) is 0 Å². The topological polar surface area (TPSA) is 402 Å². The highest BCUT2D eigenvalue weighted by Crippen LogP contribution is 2.44. The van der Waals surface area contributed by atoms with E-state index in [9.17, 15) is 76.0 Å². The van der Waals surface area contributed by atoms with Crippen LogP contribution in [0.15, 0.2) is 24.3 Å². The molecule has 12 unspecified atom stereocenters. The van der Waals surface area contributed by atoms with Crippen molar-refractivity contribution in [3.63, 3.8) is 0 Å². The van der Waals surface area contributed by atoms with Crippen LogP contribution < -0.4 is 0 Å². The number of aliphatic hydroxyl groups excluding tert-OH is 13. The molecule has 452 valence electrons. The van der Waals surface area contributed by atoms with Gasteiger partial charge in [0.2, 0.25) is 0 Å². The minimum atomic E-state index is -2.01. The summed E-state index contributed by atoms with van der Waals surface area (Å²) in [5, 5.41) is 141. The van der Waals surface area contributed by atoms with Crippen LogP contribution in [-0.4, -0.2) is 270 Å². The van der Waals surface area contributed by atoms with Gasteiger partial charge in [0.1, 0.15) is 92.6 Å². The molecule has 0 spiro atoms. The zero-order valence-corrected chi connectivity index (χ0v) is 44.5. The molecule has 26 heteroatoms. The highest BCUT2D eigenvalue weighted by atomic mass is 16.8. The Labute approximate surface area is 457 Å². The molecule has 4 aliphatic heterocycles. The van der Waals surface area contributed by atoms with Crippen LogP contribution in [0.3, 0.4) is 0 Å².